The average Bonchev–Trinajstić information content (AvgIpc) is 2.30. The molecular formula is C13H18O4. The number of aliphatic hydroxyl groups is 2. The number of carboxylic acids is 1. The van der Waals surface area contributed by atoms with Crippen LogP contribution >= 0.6 is 0 Å². The van der Waals surface area contributed by atoms with Crippen LogP contribution in [0.5, 0.6) is 0 Å². The third kappa shape index (κ3) is 5.47. The Hall–Kier alpha value is -1.39. The van der Waals surface area contributed by atoms with Crippen molar-refractivity contribution in [3.63, 3.8) is 0 Å². The Labute approximate surface area is 101 Å². The Morgan fingerprint density at radius 2 is 1.53 bits per heavy atom. The van der Waals surface area contributed by atoms with Gasteiger partial charge in [0, 0.05) is 12.8 Å². The van der Waals surface area contributed by atoms with Gasteiger partial charge in [-0.3, -0.25) is 0 Å². The Bertz CT molecular complexity index is 338. The van der Waals surface area contributed by atoms with Crippen molar-refractivity contribution in [2.24, 2.45) is 0 Å². The van der Waals surface area contributed by atoms with Crippen LogP contribution in [-0.2, 0) is 0 Å². The maximum Gasteiger partial charge on any atom is 0.335 e. The molecule has 1 saturated carbocycles. The molecule has 0 atom stereocenters. The summed E-state index contributed by atoms with van der Waals surface area (Å²) in [5, 5.41) is 26.2. The lowest BCUT2D eigenvalue weighted by molar-refractivity contribution is -0.180. The van der Waals surface area contributed by atoms with Crippen molar-refractivity contribution in [3.05, 3.63) is 35.9 Å². The standard InChI is InChI=1S/C7H6O2.C6H12O2/c8-7(9)6-4-2-1-3-5-6;7-6(8)4-2-1-3-5-6/h1-5H,(H,8,9);7-8H,1-5H2. The average molecular weight is 238 g/mol. The van der Waals surface area contributed by atoms with Gasteiger partial charge in [-0.15, -0.1) is 0 Å². The highest BCUT2D eigenvalue weighted by atomic mass is 16.5. The summed E-state index contributed by atoms with van der Waals surface area (Å²) in [5.74, 6) is -2.20. The van der Waals surface area contributed by atoms with Crippen LogP contribution in [0.15, 0.2) is 30.3 Å². The summed E-state index contributed by atoms with van der Waals surface area (Å²) in [5.41, 5.74) is 0.331. The van der Waals surface area contributed by atoms with Crippen molar-refractivity contribution >= 4 is 5.97 Å². The summed E-state index contributed by atoms with van der Waals surface area (Å²) in [4.78, 5) is 10.2. The fourth-order valence-electron chi connectivity index (χ4n) is 1.70. The molecule has 0 radical (unpaired) electrons. The van der Waals surface area contributed by atoms with E-state index in [9.17, 15) is 4.79 Å². The molecule has 0 unspecified atom stereocenters. The van der Waals surface area contributed by atoms with Crippen molar-refractivity contribution < 1.29 is 20.1 Å². The molecule has 0 aromatic heterocycles. The van der Waals surface area contributed by atoms with Gasteiger partial charge in [-0.2, -0.15) is 0 Å². The largest absolute Gasteiger partial charge is 0.478 e. The van der Waals surface area contributed by atoms with Gasteiger partial charge in [0.15, 0.2) is 5.79 Å². The molecule has 1 aromatic carbocycles. The van der Waals surface area contributed by atoms with E-state index in [2.05, 4.69) is 0 Å². The zero-order chi connectivity index (χ0) is 12.7. The van der Waals surface area contributed by atoms with E-state index in [0.29, 0.717) is 18.4 Å². The monoisotopic (exact) mass is 238 g/mol. The lowest BCUT2D eigenvalue weighted by Gasteiger charge is -2.25. The van der Waals surface area contributed by atoms with Crippen LogP contribution in [0.2, 0.25) is 0 Å². The lowest BCUT2D eigenvalue weighted by Crippen LogP contribution is -2.30. The summed E-state index contributed by atoms with van der Waals surface area (Å²) in [6.45, 7) is 0. The first kappa shape index (κ1) is 13.7. The summed E-state index contributed by atoms with van der Waals surface area (Å²) >= 11 is 0. The summed E-state index contributed by atoms with van der Waals surface area (Å²) in [6.07, 6.45) is 4.21. The fraction of sp³-hybridized carbons (Fsp3) is 0.462. The van der Waals surface area contributed by atoms with Crippen LogP contribution in [0.1, 0.15) is 42.5 Å². The van der Waals surface area contributed by atoms with E-state index in [4.69, 9.17) is 15.3 Å². The third-order valence-electron chi connectivity index (χ3n) is 2.68. The zero-order valence-electron chi connectivity index (χ0n) is 9.67. The molecule has 0 heterocycles. The van der Waals surface area contributed by atoms with E-state index in [1.165, 1.54) is 0 Å². The highest BCUT2D eigenvalue weighted by Crippen LogP contribution is 2.24. The fourth-order valence-corrected chi connectivity index (χ4v) is 1.70. The van der Waals surface area contributed by atoms with Crippen molar-refractivity contribution in [3.8, 4) is 0 Å². The molecule has 1 fully saturated rings. The molecule has 3 N–H and O–H groups in total. The number of aromatic carboxylic acids is 1. The van der Waals surface area contributed by atoms with E-state index in [1.54, 1.807) is 30.3 Å². The second kappa shape index (κ2) is 6.37. The molecule has 17 heavy (non-hydrogen) atoms. The number of benzene rings is 1. The van der Waals surface area contributed by atoms with Gasteiger partial charge in [0.2, 0.25) is 0 Å². The van der Waals surface area contributed by atoms with Gasteiger partial charge in [-0.05, 0) is 25.0 Å². The number of carbonyl (C=O) groups is 1. The van der Waals surface area contributed by atoms with Gasteiger partial charge in [0.1, 0.15) is 0 Å². The minimum atomic E-state index is -1.32. The second-order valence-electron chi connectivity index (χ2n) is 4.21. The molecule has 0 saturated heterocycles. The van der Waals surface area contributed by atoms with Crippen molar-refractivity contribution in [2.75, 3.05) is 0 Å². The minimum Gasteiger partial charge on any atom is -0.478 e. The SMILES string of the molecule is O=C(O)c1ccccc1.OC1(O)CCCCC1. The molecule has 1 aromatic rings. The first-order chi connectivity index (χ1) is 8.01. The van der Waals surface area contributed by atoms with Crippen LogP contribution in [0.4, 0.5) is 0 Å². The predicted molar refractivity (Wildman–Crippen MR) is 63.7 cm³/mol. The van der Waals surface area contributed by atoms with E-state index < -0.39 is 11.8 Å². The third-order valence-corrected chi connectivity index (χ3v) is 2.68. The molecule has 4 heteroatoms. The number of hydrogen-bond donors (Lipinski definition) is 3. The Balaban J connectivity index is 0.000000171. The second-order valence-corrected chi connectivity index (χ2v) is 4.21. The van der Waals surface area contributed by atoms with Crippen LogP contribution in [0.3, 0.4) is 0 Å². The Morgan fingerprint density at radius 1 is 1.00 bits per heavy atom. The van der Waals surface area contributed by atoms with Gasteiger partial charge in [-0.1, -0.05) is 24.6 Å². The first-order valence-corrected chi connectivity index (χ1v) is 5.74. The minimum absolute atomic E-state index is 0.331. The van der Waals surface area contributed by atoms with Gasteiger partial charge < -0.3 is 15.3 Å². The smallest absolute Gasteiger partial charge is 0.335 e. The summed E-state index contributed by atoms with van der Waals surface area (Å²) < 4.78 is 0. The number of carboxylic acid groups (broad SMARTS) is 1. The zero-order valence-corrected chi connectivity index (χ0v) is 9.67. The highest BCUT2D eigenvalue weighted by molar-refractivity contribution is 5.87. The van der Waals surface area contributed by atoms with Crippen LogP contribution in [-0.4, -0.2) is 27.1 Å². The molecule has 2 rings (SSSR count). The summed E-state index contributed by atoms with van der Waals surface area (Å²) in [7, 11) is 0. The predicted octanol–water partition coefficient (Wildman–Crippen LogP) is 2.02. The maximum atomic E-state index is 10.2. The van der Waals surface area contributed by atoms with E-state index in [-0.39, 0.29) is 0 Å². The summed E-state index contributed by atoms with van der Waals surface area (Å²) in [6, 6.07) is 8.30. The van der Waals surface area contributed by atoms with E-state index >= 15 is 0 Å². The number of rotatable bonds is 1. The van der Waals surface area contributed by atoms with E-state index in [1.807, 2.05) is 0 Å². The molecule has 1 aliphatic rings. The first-order valence-electron chi connectivity index (χ1n) is 5.74. The van der Waals surface area contributed by atoms with Gasteiger partial charge in [0.25, 0.3) is 0 Å². The van der Waals surface area contributed by atoms with Crippen molar-refractivity contribution in [2.45, 2.75) is 37.9 Å². The number of hydrogen-bond acceptors (Lipinski definition) is 3. The molecular weight excluding hydrogens is 220 g/mol. The Morgan fingerprint density at radius 3 is 1.82 bits per heavy atom. The normalized spacial score (nSPS) is 17.8. The Kier molecular flexibility index (Phi) is 5.12. The van der Waals surface area contributed by atoms with Gasteiger partial charge >= 0.3 is 5.97 Å². The molecule has 94 valence electrons. The molecule has 0 spiro atoms. The topological polar surface area (TPSA) is 77.8 Å². The highest BCUT2D eigenvalue weighted by Gasteiger charge is 2.24. The van der Waals surface area contributed by atoms with Crippen LogP contribution in [0, 0.1) is 0 Å². The maximum absolute atomic E-state index is 10.2. The van der Waals surface area contributed by atoms with Gasteiger partial charge in [-0.25, -0.2) is 4.79 Å². The van der Waals surface area contributed by atoms with Gasteiger partial charge in [0.05, 0.1) is 5.56 Å². The molecule has 4 nitrogen and oxygen atoms in total. The van der Waals surface area contributed by atoms with Crippen molar-refractivity contribution in [1.82, 2.24) is 0 Å². The molecule has 1 aliphatic carbocycles. The quantitative estimate of drug-likeness (QED) is 0.654. The van der Waals surface area contributed by atoms with Crippen LogP contribution in [0.25, 0.3) is 0 Å². The molecule has 0 bridgehead atoms. The molecule has 0 aliphatic heterocycles. The van der Waals surface area contributed by atoms with Crippen LogP contribution < -0.4 is 0 Å². The van der Waals surface area contributed by atoms with E-state index in [0.717, 1.165) is 19.3 Å². The van der Waals surface area contributed by atoms with Crippen molar-refractivity contribution in [1.29, 1.82) is 0 Å². The lowest BCUT2D eigenvalue weighted by atomic mass is 9.95. The molecule has 0 amide bonds.